The van der Waals surface area contributed by atoms with Gasteiger partial charge in [0.05, 0.1) is 65.2 Å². The van der Waals surface area contributed by atoms with Crippen LogP contribution in [0.3, 0.4) is 0 Å². The van der Waals surface area contributed by atoms with Gasteiger partial charge < -0.3 is 45.1 Å². The van der Waals surface area contributed by atoms with Crippen LogP contribution >= 0.6 is 11.3 Å². The first-order chi connectivity index (χ1) is 32.5. The van der Waals surface area contributed by atoms with Gasteiger partial charge in [-0.2, -0.15) is 18.4 Å². The molecule has 3 heterocycles. The minimum atomic E-state index is -4.75. The normalized spacial score (nSPS) is 18.9. The number of aromatic nitrogens is 1. The average molecular weight is 976 g/mol. The number of anilines is 1. The highest BCUT2D eigenvalue weighted by Gasteiger charge is 2.49. The van der Waals surface area contributed by atoms with Crippen molar-refractivity contribution in [1.29, 1.82) is 5.26 Å². The van der Waals surface area contributed by atoms with Crippen molar-refractivity contribution in [2.24, 2.45) is 10.8 Å². The van der Waals surface area contributed by atoms with Gasteiger partial charge in [-0.3, -0.25) is 19.2 Å². The number of likely N-dealkylation sites (tertiary alicyclic amines) is 2. The fraction of sp³-hybridized carbons (Fsp3) is 0.480. The predicted octanol–water partition coefficient (Wildman–Crippen LogP) is 6.64. The zero-order valence-corrected chi connectivity index (χ0v) is 40.6. The number of carbonyl (C=O) groups excluding carboxylic acids is 4. The smallest absolute Gasteiger partial charge is 0.417 e. The van der Waals surface area contributed by atoms with E-state index in [4.69, 9.17) is 19.5 Å². The Kier molecular flexibility index (Phi) is 16.8. The van der Waals surface area contributed by atoms with Crippen LogP contribution in [0.25, 0.3) is 10.4 Å². The number of amides is 4. The van der Waals surface area contributed by atoms with E-state index < -0.39 is 70.1 Å². The Morgan fingerprint density at radius 3 is 2.33 bits per heavy atom. The highest BCUT2D eigenvalue weighted by atomic mass is 32.1. The molecule has 0 bridgehead atoms. The molecule has 6 rings (SSSR count). The first-order valence-electron chi connectivity index (χ1n) is 22.7. The molecule has 2 aliphatic rings. The second kappa shape index (κ2) is 22.1. The lowest BCUT2D eigenvalue weighted by atomic mass is 9.85. The quantitative estimate of drug-likeness (QED) is 0.0736. The zero-order valence-electron chi connectivity index (χ0n) is 39.8. The van der Waals surface area contributed by atoms with Gasteiger partial charge >= 0.3 is 6.18 Å². The number of aliphatic hydroxyl groups excluding tert-OH is 1. The van der Waals surface area contributed by atoms with E-state index >= 15 is 0 Å². The number of aryl methyl sites for hydroxylation is 1. The van der Waals surface area contributed by atoms with Gasteiger partial charge in [0.25, 0.3) is 5.91 Å². The minimum absolute atomic E-state index is 0.0474. The summed E-state index contributed by atoms with van der Waals surface area (Å²) < 4.78 is 57.6. The van der Waals surface area contributed by atoms with E-state index in [2.05, 4.69) is 20.9 Å². The molecule has 4 amide bonds. The summed E-state index contributed by atoms with van der Waals surface area (Å²) in [5.41, 5.74) is 3.21. The number of benzene rings is 3. The van der Waals surface area contributed by atoms with Crippen LogP contribution in [0.2, 0.25) is 0 Å². The summed E-state index contributed by atoms with van der Waals surface area (Å²) in [5, 5.41) is 28.8. The Morgan fingerprint density at radius 1 is 1.00 bits per heavy atom. The molecule has 3 aromatic carbocycles. The number of hydrogen-bond acceptors (Lipinski definition) is 12. The Hall–Kier alpha value is -6.07. The molecule has 4 aromatic rings. The molecule has 0 saturated carbocycles. The first kappa shape index (κ1) is 52.3. The maximum atomic E-state index is 14.0. The molecule has 2 saturated heterocycles. The van der Waals surface area contributed by atoms with E-state index in [-0.39, 0.29) is 57.0 Å². The highest BCUT2D eigenvalue weighted by molar-refractivity contribution is 7.13. The number of thiazole rings is 1. The van der Waals surface area contributed by atoms with Crippen molar-refractivity contribution < 1.29 is 51.7 Å². The number of nitriles is 1. The van der Waals surface area contributed by atoms with E-state index in [0.29, 0.717) is 19.7 Å². The van der Waals surface area contributed by atoms with Crippen molar-refractivity contribution in [3.8, 4) is 22.3 Å². The summed E-state index contributed by atoms with van der Waals surface area (Å²) in [6, 6.07) is 17.6. The van der Waals surface area contributed by atoms with Gasteiger partial charge in [-0.15, -0.1) is 11.3 Å². The van der Waals surface area contributed by atoms with Crippen molar-refractivity contribution in [3.63, 3.8) is 0 Å². The molecule has 19 heteroatoms. The topological polar surface area (TPSA) is 195 Å². The molecular formula is C50H60F3N7O8S. The molecule has 5 unspecified atom stereocenters. The molecular weight excluding hydrogens is 916 g/mol. The fourth-order valence-corrected chi connectivity index (χ4v) is 9.19. The van der Waals surface area contributed by atoms with Crippen molar-refractivity contribution in [3.05, 3.63) is 100 Å². The Labute approximate surface area is 404 Å². The molecule has 2 fully saturated rings. The van der Waals surface area contributed by atoms with Gasteiger partial charge in [-0.1, -0.05) is 71.0 Å². The van der Waals surface area contributed by atoms with E-state index in [9.17, 15) is 37.5 Å². The second-order valence-electron chi connectivity index (χ2n) is 19.2. The number of β-amino-alcohol motifs (C(OH)–C–C–N with tert-alkyl or cyclic N) is 1. The molecule has 1 aromatic heterocycles. The molecule has 0 aliphatic carbocycles. The number of nitrogens with one attached hydrogen (secondary N) is 3. The van der Waals surface area contributed by atoms with Crippen molar-refractivity contribution in [1.82, 2.24) is 25.4 Å². The molecule has 370 valence electrons. The first-order valence-corrected chi connectivity index (χ1v) is 23.6. The Morgan fingerprint density at radius 2 is 1.70 bits per heavy atom. The highest BCUT2D eigenvalue weighted by Crippen LogP contribution is 2.38. The third kappa shape index (κ3) is 13.4. The Balaban J connectivity index is 0.893. The Bertz CT molecular complexity index is 2490. The van der Waals surface area contributed by atoms with Gasteiger partial charge in [0.15, 0.2) is 6.10 Å². The number of rotatable bonds is 19. The number of nitrogens with zero attached hydrogens (tertiary/aromatic N) is 4. The van der Waals surface area contributed by atoms with Crippen LogP contribution in [0.15, 0.2) is 72.2 Å². The lowest BCUT2D eigenvalue weighted by Gasteiger charge is -2.35. The number of halogens is 3. The largest absolute Gasteiger partial charge is 0.480 e. The molecule has 15 nitrogen and oxygen atoms in total. The summed E-state index contributed by atoms with van der Waals surface area (Å²) in [7, 11) is 0. The molecule has 69 heavy (non-hydrogen) atoms. The molecule has 0 spiro atoms. The van der Waals surface area contributed by atoms with Crippen LogP contribution in [0.1, 0.15) is 82.0 Å². The van der Waals surface area contributed by atoms with Gasteiger partial charge in [0.2, 0.25) is 17.7 Å². The maximum absolute atomic E-state index is 14.0. The van der Waals surface area contributed by atoms with Crippen LogP contribution in [-0.2, 0) is 41.4 Å². The number of alkyl halides is 3. The zero-order chi connectivity index (χ0) is 50.3. The van der Waals surface area contributed by atoms with Crippen LogP contribution in [-0.4, -0.2) is 114 Å². The number of ether oxygens (including phenoxy) is 3. The lowest BCUT2D eigenvalue weighted by molar-refractivity contribution is -0.144. The van der Waals surface area contributed by atoms with Crippen LogP contribution in [0.5, 0.6) is 5.75 Å². The third-order valence-electron chi connectivity index (χ3n) is 12.1. The van der Waals surface area contributed by atoms with Crippen LogP contribution in [0.4, 0.5) is 18.9 Å². The average Bonchev–Trinajstić information content (AvgIpc) is 3.97. The fourth-order valence-electron chi connectivity index (χ4n) is 8.38. The predicted molar refractivity (Wildman–Crippen MR) is 253 cm³/mol. The van der Waals surface area contributed by atoms with Crippen molar-refractivity contribution >= 4 is 40.7 Å². The number of carbonyl (C=O) groups is 4. The minimum Gasteiger partial charge on any atom is -0.480 e. The maximum Gasteiger partial charge on any atom is 0.417 e. The van der Waals surface area contributed by atoms with Gasteiger partial charge in [-0.25, -0.2) is 4.98 Å². The van der Waals surface area contributed by atoms with Crippen LogP contribution < -0.4 is 20.7 Å². The monoisotopic (exact) mass is 975 g/mol. The number of aliphatic hydroxyl groups is 1. The van der Waals surface area contributed by atoms with Crippen molar-refractivity contribution in [2.45, 2.75) is 97.9 Å². The summed E-state index contributed by atoms with van der Waals surface area (Å²) in [6.45, 7) is 14.2. The van der Waals surface area contributed by atoms with E-state index in [1.807, 2.05) is 97.0 Å². The van der Waals surface area contributed by atoms with Gasteiger partial charge in [0, 0.05) is 43.7 Å². The standard InChI is InChI=1S/C50H60F3N7O8S/c1-30(33-10-12-34(13-11-33)42-31(2)56-29-69-42)57-45(63)40-22-37(61)26-60(40)46(64)43(48(3,4)5)58-41(62)27-67-21-20-66-19-18-55-36-15-8-32(9-16-36)25-59-28-49(6,7)44(47(59)65)68-38-17-14-35(24-54)39(23-38)50(51,52)53/h8-17,23,29-30,37,40,43-44,55,61H,18-22,25-28H2,1-7H3,(H,57,63)(H,58,62). The lowest BCUT2D eigenvalue weighted by Crippen LogP contribution is -2.58. The van der Waals surface area contributed by atoms with Gasteiger partial charge in [-0.05, 0) is 66.3 Å². The summed E-state index contributed by atoms with van der Waals surface area (Å²) in [6.07, 6.45) is -6.62. The molecule has 4 N–H and O–H groups in total. The van der Waals surface area contributed by atoms with Crippen LogP contribution in [0, 0.1) is 29.1 Å². The van der Waals surface area contributed by atoms with E-state index in [0.717, 1.165) is 45.1 Å². The summed E-state index contributed by atoms with van der Waals surface area (Å²) in [5.74, 6) is -1.88. The SMILES string of the molecule is Cc1ncsc1-c1ccc(C(C)NC(=O)C2CC(O)CN2C(=O)C(NC(=O)COCCOCCNc2ccc(CN3CC(C)(C)C(Oc4ccc(C#N)c(C(F)(F)F)c4)C3=O)cc2)C(C)(C)C)cc1. The van der Waals surface area contributed by atoms with E-state index in [1.165, 1.54) is 11.0 Å². The summed E-state index contributed by atoms with van der Waals surface area (Å²) >= 11 is 1.56. The third-order valence-corrected chi connectivity index (χ3v) is 13.1. The van der Waals surface area contributed by atoms with Crippen molar-refractivity contribution in [2.75, 3.05) is 51.4 Å². The molecule has 0 radical (unpaired) electrons. The van der Waals surface area contributed by atoms with Gasteiger partial charge in [0.1, 0.15) is 24.4 Å². The van der Waals surface area contributed by atoms with E-state index in [1.54, 1.807) is 27.8 Å². The number of hydrogen-bond donors (Lipinski definition) is 4. The molecule has 2 aliphatic heterocycles. The summed E-state index contributed by atoms with van der Waals surface area (Å²) in [4.78, 5) is 62.5. The second-order valence-corrected chi connectivity index (χ2v) is 20.0. The molecule has 5 atom stereocenters.